The van der Waals surface area contributed by atoms with Gasteiger partial charge >= 0.3 is 0 Å². The number of ether oxygens (including phenoxy) is 1. The summed E-state index contributed by atoms with van der Waals surface area (Å²) in [6.07, 6.45) is 1.23. The van der Waals surface area contributed by atoms with Crippen molar-refractivity contribution in [2.75, 3.05) is 38.3 Å². The molecule has 2 aromatic carbocycles. The number of alkyl halides is 1. The highest BCUT2D eigenvalue weighted by atomic mass is 35.5. The maximum absolute atomic E-state index is 15.3. The summed E-state index contributed by atoms with van der Waals surface area (Å²) in [5, 5.41) is 13.2. The van der Waals surface area contributed by atoms with Crippen LogP contribution in [0.3, 0.4) is 0 Å². The summed E-state index contributed by atoms with van der Waals surface area (Å²) in [5.74, 6) is -0.252. The van der Waals surface area contributed by atoms with Gasteiger partial charge in [0, 0.05) is 28.7 Å². The van der Waals surface area contributed by atoms with Crippen molar-refractivity contribution >= 4 is 46.9 Å². The first-order chi connectivity index (χ1) is 17.6. The van der Waals surface area contributed by atoms with Gasteiger partial charge in [0.25, 0.3) is 5.91 Å². The molecule has 0 aromatic heterocycles. The highest BCUT2D eigenvalue weighted by Crippen LogP contribution is 2.34. The van der Waals surface area contributed by atoms with Crippen LogP contribution in [0.15, 0.2) is 46.2 Å². The number of carbonyl (C=O) groups is 1. The van der Waals surface area contributed by atoms with Crippen molar-refractivity contribution in [3.63, 3.8) is 0 Å². The molecular weight excluding hydrogens is 538 g/mol. The van der Waals surface area contributed by atoms with E-state index in [9.17, 15) is 14.4 Å². The summed E-state index contributed by atoms with van der Waals surface area (Å²) in [6.45, 7) is 2.49. The Balaban J connectivity index is 1.74. The van der Waals surface area contributed by atoms with Crippen molar-refractivity contribution in [3.8, 4) is 6.07 Å². The average Bonchev–Trinajstić information content (AvgIpc) is 2.86. The number of benzene rings is 2. The Bertz CT molecular complexity index is 1110. The average molecular weight is 569 g/mol. The third-order valence-corrected chi connectivity index (χ3v) is 8.13. The van der Waals surface area contributed by atoms with E-state index in [1.807, 2.05) is 0 Å². The Morgan fingerprint density at radius 1 is 1.27 bits per heavy atom. The molecular formula is C26H31ClF2N4O2S2. The zero-order chi connectivity index (χ0) is 27.0. The van der Waals surface area contributed by atoms with Gasteiger partial charge in [0.1, 0.15) is 23.7 Å². The molecule has 1 fully saturated rings. The third kappa shape index (κ3) is 8.48. The van der Waals surface area contributed by atoms with Crippen LogP contribution in [-0.4, -0.2) is 61.6 Å². The molecule has 200 valence electrons. The summed E-state index contributed by atoms with van der Waals surface area (Å²) in [6, 6.07) is 10.7. The number of nitrogens with one attached hydrogen (secondary N) is 2. The highest BCUT2D eigenvalue weighted by Gasteiger charge is 2.36. The van der Waals surface area contributed by atoms with Crippen molar-refractivity contribution < 1.29 is 18.3 Å². The minimum absolute atomic E-state index is 0.169. The number of hydrogen-bond acceptors (Lipinski definition) is 7. The van der Waals surface area contributed by atoms with Crippen LogP contribution in [0.5, 0.6) is 0 Å². The van der Waals surface area contributed by atoms with Crippen molar-refractivity contribution in [2.45, 2.75) is 53.8 Å². The molecule has 37 heavy (non-hydrogen) atoms. The summed E-state index contributed by atoms with van der Waals surface area (Å²) in [7, 11) is 3.56. The van der Waals surface area contributed by atoms with Gasteiger partial charge in [-0.3, -0.25) is 9.52 Å². The Labute approximate surface area is 230 Å². The van der Waals surface area contributed by atoms with Gasteiger partial charge in [-0.1, -0.05) is 11.6 Å². The third-order valence-electron chi connectivity index (χ3n) is 5.94. The SMILES string of the molecule is CN(C)CC(F)C(CSc1ccc(F)cc1)Nc1c(Cl)cc(SNC(=O)C2(C)CCCCO2)cc1C#N. The van der Waals surface area contributed by atoms with Crippen LogP contribution in [-0.2, 0) is 9.53 Å². The molecule has 6 nitrogen and oxygen atoms in total. The lowest BCUT2D eigenvalue weighted by Crippen LogP contribution is -2.46. The lowest BCUT2D eigenvalue weighted by molar-refractivity contribution is -0.148. The molecule has 3 unspecified atom stereocenters. The summed E-state index contributed by atoms with van der Waals surface area (Å²) in [5.41, 5.74) is -0.321. The predicted molar refractivity (Wildman–Crippen MR) is 146 cm³/mol. The first-order valence-electron chi connectivity index (χ1n) is 11.9. The molecule has 1 saturated heterocycles. The Hall–Kier alpha value is -2.03. The lowest BCUT2D eigenvalue weighted by atomic mass is 9.95. The van der Waals surface area contributed by atoms with E-state index in [4.69, 9.17) is 16.3 Å². The normalized spacial score (nSPS) is 19.2. The van der Waals surface area contributed by atoms with Crippen LogP contribution in [0.4, 0.5) is 14.5 Å². The van der Waals surface area contributed by atoms with Crippen molar-refractivity contribution in [3.05, 3.63) is 52.8 Å². The number of hydrogen-bond donors (Lipinski definition) is 2. The Morgan fingerprint density at radius 2 is 2.00 bits per heavy atom. The number of rotatable bonds is 11. The zero-order valence-corrected chi connectivity index (χ0v) is 23.4. The lowest BCUT2D eigenvalue weighted by Gasteiger charge is -2.32. The van der Waals surface area contributed by atoms with E-state index >= 15 is 4.39 Å². The maximum Gasteiger partial charge on any atom is 0.262 e. The van der Waals surface area contributed by atoms with Crippen LogP contribution in [0.25, 0.3) is 0 Å². The summed E-state index contributed by atoms with van der Waals surface area (Å²) < 4.78 is 37.0. The molecule has 1 aliphatic rings. The zero-order valence-electron chi connectivity index (χ0n) is 21.0. The fourth-order valence-corrected chi connectivity index (χ4v) is 5.93. The monoisotopic (exact) mass is 568 g/mol. The minimum Gasteiger partial charge on any atom is -0.376 e. The number of nitrogens with zero attached hydrogens (tertiary/aromatic N) is 2. The molecule has 3 atom stereocenters. The van der Waals surface area contributed by atoms with Gasteiger partial charge in [0.15, 0.2) is 0 Å². The van der Waals surface area contributed by atoms with Crippen LogP contribution in [0.2, 0.25) is 5.02 Å². The first kappa shape index (κ1) is 29.5. The van der Waals surface area contributed by atoms with Crippen LogP contribution in [0.1, 0.15) is 31.7 Å². The van der Waals surface area contributed by atoms with Crippen molar-refractivity contribution in [1.82, 2.24) is 9.62 Å². The van der Waals surface area contributed by atoms with E-state index < -0.39 is 17.8 Å². The Kier molecular flexibility index (Phi) is 10.9. The number of amides is 1. The van der Waals surface area contributed by atoms with E-state index in [0.717, 1.165) is 29.7 Å². The van der Waals surface area contributed by atoms with Gasteiger partial charge in [0.05, 0.1) is 22.3 Å². The number of nitriles is 1. The minimum atomic E-state index is -1.27. The number of carbonyl (C=O) groups excluding carboxylic acids is 1. The molecule has 11 heteroatoms. The van der Waals surface area contributed by atoms with Gasteiger partial charge in [-0.25, -0.2) is 8.78 Å². The molecule has 2 N–H and O–H groups in total. The fourth-order valence-electron chi connectivity index (χ4n) is 3.82. The van der Waals surface area contributed by atoms with Gasteiger partial charge in [-0.2, -0.15) is 5.26 Å². The van der Waals surface area contributed by atoms with E-state index in [1.165, 1.54) is 23.9 Å². The first-order valence-corrected chi connectivity index (χ1v) is 14.1. The van der Waals surface area contributed by atoms with Gasteiger partial charge in [0.2, 0.25) is 0 Å². The quantitative estimate of drug-likeness (QED) is 0.258. The van der Waals surface area contributed by atoms with Crippen LogP contribution < -0.4 is 10.0 Å². The maximum atomic E-state index is 15.3. The van der Waals surface area contributed by atoms with Gasteiger partial charge in [-0.05, 0) is 88.6 Å². The number of halogens is 3. The molecule has 0 saturated carbocycles. The summed E-state index contributed by atoms with van der Waals surface area (Å²) >= 11 is 8.99. The van der Waals surface area contributed by atoms with Gasteiger partial charge < -0.3 is 15.0 Å². The van der Waals surface area contributed by atoms with E-state index in [1.54, 1.807) is 50.2 Å². The number of anilines is 1. The second-order valence-corrected chi connectivity index (χ2v) is 11.7. The van der Waals surface area contributed by atoms with Crippen LogP contribution in [0, 0.1) is 17.1 Å². The van der Waals surface area contributed by atoms with Gasteiger partial charge in [-0.15, -0.1) is 11.8 Å². The van der Waals surface area contributed by atoms with Crippen LogP contribution >= 0.6 is 35.3 Å². The van der Waals surface area contributed by atoms with E-state index in [-0.39, 0.29) is 28.9 Å². The fraction of sp³-hybridized carbons (Fsp3) is 0.462. The standard InChI is InChI=1S/C26H31ClF2N4O2S2/c1-26(10-4-5-11-35-26)25(34)32-37-20-12-17(14-30)24(21(27)13-20)31-23(22(29)15-33(2)3)16-36-19-8-6-18(28)7-9-19/h6-9,12-13,22-23,31H,4-5,10-11,15-16H2,1-3H3,(H,32,34). The molecule has 1 amide bonds. The smallest absolute Gasteiger partial charge is 0.262 e. The Morgan fingerprint density at radius 3 is 2.62 bits per heavy atom. The number of thioether (sulfide) groups is 1. The molecule has 0 spiro atoms. The van der Waals surface area contributed by atoms with E-state index in [2.05, 4.69) is 16.1 Å². The molecule has 0 bridgehead atoms. The molecule has 0 radical (unpaired) electrons. The summed E-state index contributed by atoms with van der Waals surface area (Å²) in [4.78, 5) is 15.8. The van der Waals surface area contributed by atoms with E-state index in [0.29, 0.717) is 29.4 Å². The molecule has 1 aliphatic heterocycles. The van der Waals surface area contributed by atoms with Crippen molar-refractivity contribution in [2.24, 2.45) is 0 Å². The highest BCUT2D eigenvalue weighted by molar-refractivity contribution is 7.99. The molecule has 3 rings (SSSR count). The second kappa shape index (κ2) is 13.7. The van der Waals surface area contributed by atoms with Crippen molar-refractivity contribution in [1.29, 1.82) is 5.26 Å². The predicted octanol–water partition coefficient (Wildman–Crippen LogP) is 5.91. The topological polar surface area (TPSA) is 77.4 Å². The molecule has 0 aliphatic carbocycles. The largest absolute Gasteiger partial charge is 0.376 e. The second-order valence-electron chi connectivity index (χ2n) is 9.30. The molecule has 1 heterocycles. The molecule has 2 aromatic rings.